The molecule has 1 aromatic carbocycles. The number of hydrogen-bond donors (Lipinski definition) is 3. The summed E-state index contributed by atoms with van der Waals surface area (Å²) in [5.74, 6) is -3.37. The molecule has 3 N–H and O–H groups in total. The number of halogens is 3. The van der Waals surface area contributed by atoms with Gasteiger partial charge < -0.3 is 10.1 Å². The molecule has 1 fully saturated rings. The van der Waals surface area contributed by atoms with Crippen LogP contribution in [-0.2, 0) is 26.1 Å². The molecule has 0 aromatic heterocycles. The molecule has 1 heterocycles. The normalized spacial score (nSPS) is 19.0. The van der Waals surface area contributed by atoms with Gasteiger partial charge in [-0.3, -0.25) is 10.1 Å². The molecule has 7 nitrogen and oxygen atoms in total. The van der Waals surface area contributed by atoms with Crippen LogP contribution in [0.25, 0.3) is 0 Å². The maximum absolute atomic E-state index is 13.1. The maximum Gasteiger partial charge on any atom is 0.262 e. The van der Waals surface area contributed by atoms with Crippen molar-refractivity contribution in [3.05, 3.63) is 29.8 Å². The molecule has 0 aliphatic carbocycles. The van der Waals surface area contributed by atoms with Crippen molar-refractivity contribution in [2.75, 3.05) is 26.8 Å². The first-order chi connectivity index (χ1) is 11.7. The number of carbonyl (C=O) groups excluding carboxylic acids is 1. The average Bonchev–Trinajstić information content (AvgIpc) is 2.93. The van der Waals surface area contributed by atoms with Crippen molar-refractivity contribution >= 4 is 28.3 Å². The predicted molar refractivity (Wildman–Crippen MR) is 94.0 cm³/mol. The van der Waals surface area contributed by atoms with Crippen LogP contribution in [0.3, 0.4) is 0 Å². The Hall–Kier alpha value is -1.33. The molecule has 26 heavy (non-hydrogen) atoms. The fourth-order valence-electron chi connectivity index (χ4n) is 2.36. The van der Waals surface area contributed by atoms with Gasteiger partial charge in [0.2, 0.25) is 15.9 Å². The lowest BCUT2D eigenvalue weighted by molar-refractivity contribution is -0.123. The van der Waals surface area contributed by atoms with Crippen LogP contribution in [0.4, 0.5) is 8.78 Å². The molecule has 1 amide bonds. The van der Waals surface area contributed by atoms with Crippen molar-refractivity contribution in [3.63, 3.8) is 0 Å². The van der Waals surface area contributed by atoms with E-state index in [1.54, 1.807) is 12.1 Å². The Labute approximate surface area is 157 Å². The Morgan fingerprint density at radius 1 is 1.35 bits per heavy atom. The van der Waals surface area contributed by atoms with Crippen LogP contribution >= 0.6 is 12.4 Å². The fourth-order valence-corrected chi connectivity index (χ4v) is 3.37. The second kappa shape index (κ2) is 9.56. The van der Waals surface area contributed by atoms with Gasteiger partial charge in [-0.1, -0.05) is 12.1 Å². The number of rotatable bonds is 8. The summed E-state index contributed by atoms with van der Waals surface area (Å²) in [6.45, 7) is 0.0426. The molecule has 148 valence electrons. The largest absolute Gasteiger partial charge is 0.383 e. The van der Waals surface area contributed by atoms with Gasteiger partial charge in [0.05, 0.1) is 24.1 Å². The number of hydrogen-bond acceptors (Lipinski definition) is 5. The molecule has 0 bridgehead atoms. The maximum atomic E-state index is 13.1. The van der Waals surface area contributed by atoms with E-state index in [0.29, 0.717) is 5.56 Å². The average molecular weight is 414 g/mol. The molecule has 1 aromatic rings. The highest BCUT2D eigenvalue weighted by Crippen LogP contribution is 2.25. The topological polar surface area (TPSA) is 96.5 Å². The number of ether oxygens (including phenoxy) is 1. The highest BCUT2D eigenvalue weighted by atomic mass is 35.5. The first kappa shape index (κ1) is 22.7. The molecular formula is C15H22ClF2N3O4S. The highest BCUT2D eigenvalue weighted by molar-refractivity contribution is 7.89. The van der Waals surface area contributed by atoms with Crippen LogP contribution in [0.2, 0.25) is 0 Å². The van der Waals surface area contributed by atoms with Crippen LogP contribution in [0.1, 0.15) is 12.0 Å². The van der Waals surface area contributed by atoms with Gasteiger partial charge in [-0.15, -0.1) is 12.4 Å². The number of methoxy groups -OCH3 is 1. The molecule has 2 rings (SSSR count). The first-order valence-electron chi connectivity index (χ1n) is 7.70. The molecule has 1 aliphatic rings. The molecule has 1 unspecified atom stereocenters. The quantitative estimate of drug-likeness (QED) is 0.544. The van der Waals surface area contributed by atoms with Crippen molar-refractivity contribution in [3.8, 4) is 0 Å². The summed E-state index contributed by atoms with van der Waals surface area (Å²) in [6, 6.07) is 5.03. The monoisotopic (exact) mass is 413 g/mol. The molecule has 1 atom stereocenters. The summed E-state index contributed by atoms with van der Waals surface area (Å²) >= 11 is 0. The summed E-state index contributed by atoms with van der Waals surface area (Å²) in [4.78, 5) is 11.9. The number of alkyl halides is 2. The molecular weight excluding hydrogens is 392 g/mol. The smallest absolute Gasteiger partial charge is 0.262 e. The Balaban J connectivity index is 0.00000338. The molecule has 1 saturated heterocycles. The van der Waals surface area contributed by atoms with Crippen molar-refractivity contribution < 1.29 is 26.7 Å². The lowest BCUT2D eigenvalue weighted by Gasteiger charge is -2.12. The number of nitrogens with one attached hydrogen (secondary N) is 3. The summed E-state index contributed by atoms with van der Waals surface area (Å²) < 4.78 is 57.3. The van der Waals surface area contributed by atoms with Crippen LogP contribution in [0.15, 0.2) is 29.2 Å². The van der Waals surface area contributed by atoms with E-state index >= 15 is 0 Å². The lowest BCUT2D eigenvalue weighted by Crippen LogP contribution is -2.40. The number of amides is 1. The van der Waals surface area contributed by atoms with Gasteiger partial charge in [-0.2, -0.15) is 0 Å². The third-order valence-corrected chi connectivity index (χ3v) is 5.20. The van der Waals surface area contributed by atoms with Gasteiger partial charge in [0.25, 0.3) is 5.92 Å². The predicted octanol–water partition coefficient (Wildman–Crippen LogP) is 0.646. The van der Waals surface area contributed by atoms with Crippen molar-refractivity contribution in [2.24, 2.45) is 0 Å². The van der Waals surface area contributed by atoms with E-state index in [1.807, 2.05) is 0 Å². The van der Waals surface area contributed by atoms with Crippen LogP contribution in [0.5, 0.6) is 0 Å². The third-order valence-electron chi connectivity index (χ3n) is 3.73. The standard InChI is InChI=1S/C15H21F2N3O4S.ClH/c1-24-7-6-20-25(22,23)12-4-2-11(3-5-12)9-18-14(21)13-8-15(16,17)10-19-13;/h2-5,13,19-20H,6-10H2,1H3,(H,18,21);1H. The van der Waals surface area contributed by atoms with Gasteiger partial charge in [0, 0.05) is 26.6 Å². The zero-order chi connectivity index (χ0) is 18.5. The minimum atomic E-state index is -3.62. The second-order valence-electron chi connectivity index (χ2n) is 5.75. The van der Waals surface area contributed by atoms with E-state index in [9.17, 15) is 22.0 Å². The van der Waals surface area contributed by atoms with E-state index in [0.717, 1.165) is 0 Å². The van der Waals surface area contributed by atoms with E-state index in [2.05, 4.69) is 15.4 Å². The summed E-state index contributed by atoms with van der Waals surface area (Å²) in [5, 5.41) is 5.04. The number of benzene rings is 1. The lowest BCUT2D eigenvalue weighted by atomic mass is 10.1. The molecule has 0 spiro atoms. The van der Waals surface area contributed by atoms with Gasteiger partial charge in [-0.05, 0) is 17.7 Å². The zero-order valence-electron chi connectivity index (χ0n) is 14.1. The van der Waals surface area contributed by atoms with Gasteiger partial charge >= 0.3 is 0 Å². The van der Waals surface area contributed by atoms with E-state index in [-0.39, 0.29) is 37.0 Å². The zero-order valence-corrected chi connectivity index (χ0v) is 15.8. The van der Waals surface area contributed by atoms with Gasteiger partial charge in [-0.25, -0.2) is 21.9 Å². The fraction of sp³-hybridized carbons (Fsp3) is 0.533. The van der Waals surface area contributed by atoms with E-state index < -0.39 is 40.9 Å². The summed E-state index contributed by atoms with van der Waals surface area (Å²) in [6.07, 6.45) is -0.525. The van der Waals surface area contributed by atoms with Gasteiger partial charge in [0.15, 0.2) is 0 Å². The van der Waals surface area contributed by atoms with Crippen molar-refractivity contribution in [1.82, 2.24) is 15.4 Å². The Kier molecular flexibility index (Phi) is 8.35. The minimum absolute atomic E-state index is 0. The van der Waals surface area contributed by atoms with E-state index in [4.69, 9.17) is 4.74 Å². The third kappa shape index (κ3) is 6.44. The number of sulfonamides is 1. The summed E-state index contributed by atoms with van der Waals surface area (Å²) in [5.41, 5.74) is 0.661. The first-order valence-corrected chi connectivity index (χ1v) is 9.18. The number of carbonyl (C=O) groups is 1. The van der Waals surface area contributed by atoms with Crippen LogP contribution < -0.4 is 15.4 Å². The Morgan fingerprint density at radius 2 is 2.00 bits per heavy atom. The molecule has 0 saturated carbocycles. The molecule has 11 heteroatoms. The van der Waals surface area contributed by atoms with Crippen molar-refractivity contribution in [2.45, 2.75) is 29.8 Å². The minimum Gasteiger partial charge on any atom is -0.383 e. The van der Waals surface area contributed by atoms with E-state index in [1.165, 1.54) is 19.2 Å². The Bertz CT molecular complexity index is 701. The highest BCUT2D eigenvalue weighted by Gasteiger charge is 2.42. The molecule has 1 aliphatic heterocycles. The summed E-state index contributed by atoms with van der Waals surface area (Å²) in [7, 11) is -2.15. The van der Waals surface area contributed by atoms with Crippen LogP contribution in [0, 0.1) is 0 Å². The molecule has 0 radical (unpaired) electrons. The van der Waals surface area contributed by atoms with Crippen molar-refractivity contribution in [1.29, 1.82) is 0 Å². The van der Waals surface area contributed by atoms with Crippen LogP contribution in [-0.4, -0.2) is 53.1 Å². The SMILES string of the molecule is COCCNS(=O)(=O)c1ccc(CNC(=O)C2CC(F)(F)CN2)cc1.Cl. The second-order valence-corrected chi connectivity index (χ2v) is 7.51. The van der Waals surface area contributed by atoms with Gasteiger partial charge in [0.1, 0.15) is 0 Å². The Morgan fingerprint density at radius 3 is 2.54 bits per heavy atom.